The Hall–Kier alpha value is -2.26. The minimum absolute atomic E-state index is 0.0120. The molecule has 0 atom stereocenters. The molecule has 27 heavy (non-hydrogen) atoms. The van der Waals surface area contributed by atoms with Crippen molar-refractivity contribution in [3.8, 4) is 0 Å². The number of nitro groups is 1. The van der Waals surface area contributed by atoms with Gasteiger partial charge in [0.05, 0.1) is 4.92 Å². The fourth-order valence-corrected chi connectivity index (χ4v) is 5.27. The zero-order valence-electron chi connectivity index (χ0n) is 15.0. The third-order valence-electron chi connectivity index (χ3n) is 4.72. The number of carbonyl (C=O) groups excluding carboxylic acids is 1. The van der Waals surface area contributed by atoms with Gasteiger partial charge >= 0.3 is 5.69 Å². The topological polar surface area (TPSA) is 97.6 Å². The smallest absolute Gasteiger partial charge is 0.305 e. The maximum atomic E-state index is 12.7. The van der Waals surface area contributed by atoms with Crippen LogP contribution in [0.15, 0.2) is 34.5 Å². The Balaban J connectivity index is 1.76. The fourth-order valence-electron chi connectivity index (χ4n) is 3.19. The molecule has 7 nitrogen and oxygen atoms in total. The number of Topliss-reactive ketones (excluding diaryl/α,β-unsaturated/α-hetero) is 1. The molecule has 1 aromatic heterocycles. The van der Waals surface area contributed by atoms with E-state index in [1.165, 1.54) is 0 Å². The molecule has 0 N–H and O–H groups in total. The first-order valence-corrected chi connectivity index (χ1v) is 11.2. The van der Waals surface area contributed by atoms with Crippen molar-refractivity contribution in [3.05, 3.63) is 51.6 Å². The second kappa shape index (κ2) is 7.40. The van der Waals surface area contributed by atoms with Crippen molar-refractivity contribution in [1.82, 2.24) is 0 Å². The molecule has 1 aliphatic heterocycles. The first kappa shape index (κ1) is 19.5. The van der Waals surface area contributed by atoms with E-state index in [0.717, 1.165) is 29.2 Å². The first-order valence-electron chi connectivity index (χ1n) is 8.51. The average Bonchev–Trinajstić information content (AvgIpc) is 3.08. The Labute approximate surface area is 161 Å². The van der Waals surface area contributed by atoms with Gasteiger partial charge in [-0.1, -0.05) is 41.2 Å². The third-order valence-corrected chi connectivity index (χ3v) is 7.71. The van der Waals surface area contributed by atoms with E-state index in [1.54, 1.807) is 0 Å². The number of aryl methyl sites for hydroxylation is 1. The SMILES string of the molecule is Cc1ccc(C(=O)C2CCN(c3sc(S(C)(=O)=O)cc3[N+](=O)[O-])CC2)cc1. The average molecular weight is 409 g/mol. The molecule has 1 aliphatic rings. The van der Waals surface area contributed by atoms with Crippen molar-refractivity contribution >= 4 is 37.6 Å². The summed E-state index contributed by atoms with van der Waals surface area (Å²) in [6.45, 7) is 2.92. The second-order valence-electron chi connectivity index (χ2n) is 6.78. The summed E-state index contributed by atoms with van der Waals surface area (Å²) in [5, 5.41) is 11.7. The molecule has 0 radical (unpaired) electrons. The maximum Gasteiger partial charge on any atom is 0.305 e. The molecule has 0 unspecified atom stereocenters. The van der Waals surface area contributed by atoms with Crippen LogP contribution in [0.3, 0.4) is 0 Å². The Morgan fingerprint density at radius 3 is 2.33 bits per heavy atom. The minimum Gasteiger partial charge on any atom is -0.358 e. The standard InChI is InChI=1S/C18H20N2O5S2/c1-12-3-5-13(6-4-12)17(21)14-7-9-19(10-8-14)18-15(20(22)23)11-16(26-18)27(2,24)25/h3-6,11,14H,7-10H2,1-2H3. The van der Waals surface area contributed by atoms with Gasteiger partial charge in [-0.15, -0.1) is 0 Å². The number of carbonyl (C=O) groups is 1. The number of piperidine rings is 1. The summed E-state index contributed by atoms with van der Waals surface area (Å²) in [5.74, 6) is -0.0375. The van der Waals surface area contributed by atoms with Crippen LogP contribution in [0.5, 0.6) is 0 Å². The highest BCUT2D eigenvalue weighted by atomic mass is 32.2. The Morgan fingerprint density at radius 1 is 1.22 bits per heavy atom. The molecule has 0 amide bonds. The van der Waals surface area contributed by atoms with Gasteiger partial charge in [0.25, 0.3) is 0 Å². The van der Waals surface area contributed by atoms with Gasteiger partial charge in [0.2, 0.25) is 0 Å². The molecular weight excluding hydrogens is 388 g/mol. The number of hydrogen-bond acceptors (Lipinski definition) is 7. The quantitative estimate of drug-likeness (QED) is 0.427. The van der Waals surface area contributed by atoms with Crippen molar-refractivity contribution in [1.29, 1.82) is 0 Å². The van der Waals surface area contributed by atoms with E-state index in [2.05, 4.69) is 0 Å². The lowest BCUT2D eigenvalue weighted by Gasteiger charge is -2.31. The van der Waals surface area contributed by atoms with Crippen LogP contribution >= 0.6 is 11.3 Å². The van der Waals surface area contributed by atoms with Crippen molar-refractivity contribution in [2.45, 2.75) is 24.0 Å². The molecule has 0 saturated carbocycles. The van der Waals surface area contributed by atoms with Gasteiger partial charge in [-0.05, 0) is 19.8 Å². The van der Waals surface area contributed by atoms with Gasteiger partial charge in [0, 0.05) is 36.9 Å². The van der Waals surface area contributed by atoms with Crippen LogP contribution in [-0.4, -0.2) is 38.5 Å². The van der Waals surface area contributed by atoms with Crippen molar-refractivity contribution in [3.63, 3.8) is 0 Å². The normalized spacial score (nSPS) is 15.7. The molecule has 1 aromatic carbocycles. The molecule has 1 fully saturated rings. The number of nitrogens with zero attached hydrogens (tertiary/aromatic N) is 2. The van der Waals surface area contributed by atoms with Gasteiger partial charge < -0.3 is 4.90 Å². The van der Waals surface area contributed by atoms with Gasteiger partial charge in [-0.2, -0.15) is 0 Å². The van der Waals surface area contributed by atoms with E-state index in [9.17, 15) is 23.3 Å². The van der Waals surface area contributed by atoms with Crippen molar-refractivity contribution in [2.24, 2.45) is 5.92 Å². The van der Waals surface area contributed by atoms with Crippen LogP contribution in [0.25, 0.3) is 0 Å². The van der Waals surface area contributed by atoms with E-state index >= 15 is 0 Å². The van der Waals surface area contributed by atoms with Crippen LogP contribution in [0.1, 0.15) is 28.8 Å². The summed E-state index contributed by atoms with van der Waals surface area (Å²) < 4.78 is 23.5. The summed E-state index contributed by atoms with van der Waals surface area (Å²) in [7, 11) is -3.51. The molecule has 9 heteroatoms. The van der Waals surface area contributed by atoms with Crippen LogP contribution < -0.4 is 4.90 Å². The molecule has 144 valence electrons. The van der Waals surface area contributed by atoms with Crippen molar-refractivity contribution in [2.75, 3.05) is 24.2 Å². The highest BCUT2D eigenvalue weighted by molar-refractivity contribution is 7.92. The lowest BCUT2D eigenvalue weighted by molar-refractivity contribution is -0.383. The van der Waals surface area contributed by atoms with E-state index in [0.29, 0.717) is 36.5 Å². The summed E-state index contributed by atoms with van der Waals surface area (Å²) >= 11 is 0.920. The predicted octanol–water partition coefficient (Wildman–Crippen LogP) is 3.47. The summed E-state index contributed by atoms with van der Waals surface area (Å²) in [5.41, 5.74) is 1.58. The van der Waals surface area contributed by atoms with Gasteiger partial charge in [-0.25, -0.2) is 8.42 Å². The Bertz CT molecular complexity index is 972. The minimum atomic E-state index is -3.51. The van der Waals surface area contributed by atoms with Crippen LogP contribution in [-0.2, 0) is 9.84 Å². The highest BCUT2D eigenvalue weighted by Gasteiger charge is 2.32. The van der Waals surface area contributed by atoms with Gasteiger partial charge in [0.15, 0.2) is 20.6 Å². The zero-order valence-corrected chi connectivity index (χ0v) is 16.7. The maximum absolute atomic E-state index is 12.7. The van der Waals surface area contributed by atoms with Gasteiger partial charge in [0.1, 0.15) is 4.21 Å². The Kier molecular flexibility index (Phi) is 5.34. The number of rotatable bonds is 5. The first-order chi connectivity index (χ1) is 12.7. The van der Waals surface area contributed by atoms with Gasteiger partial charge in [-0.3, -0.25) is 14.9 Å². The lowest BCUT2D eigenvalue weighted by atomic mass is 9.88. The second-order valence-corrected chi connectivity index (χ2v) is 10.0. The van der Waals surface area contributed by atoms with E-state index in [1.807, 2.05) is 36.1 Å². The largest absolute Gasteiger partial charge is 0.358 e. The van der Waals surface area contributed by atoms with Crippen LogP contribution in [0.2, 0.25) is 0 Å². The highest BCUT2D eigenvalue weighted by Crippen LogP contribution is 2.41. The van der Waals surface area contributed by atoms with Crippen LogP contribution in [0.4, 0.5) is 10.7 Å². The monoisotopic (exact) mass is 408 g/mol. The molecule has 1 saturated heterocycles. The number of ketones is 1. The van der Waals surface area contributed by atoms with Crippen molar-refractivity contribution < 1.29 is 18.1 Å². The van der Waals surface area contributed by atoms with Crippen LogP contribution in [0, 0.1) is 23.0 Å². The van der Waals surface area contributed by atoms with E-state index in [4.69, 9.17) is 0 Å². The number of thiophene rings is 1. The predicted molar refractivity (Wildman–Crippen MR) is 105 cm³/mol. The molecule has 2 aromatic rings. The number of hydrogen-bond donors (Lipinski definition) is 0. The molecule has 2 heterocycles. The number of benzene rings is 1. The number of anilines is 1. The summed E-state index contributed by atoms with van der Waals surface area (Å²) in [6, 6.07) is 8.59. The van der Waals surface area contributed by atoms with E-state index in [-0.39, 0.29) is 21.6 Å². The molecule has 0 aliphatic carbocycles. The summed E-state index contributed by atoms with van der Waals surface area (Å²) in [6.07, 6.45) is 2.20. The molecule has 3 rings (SSSR count). The summed E-state index contributed by atoms with van der Waals surface area (Å²) in [4.78, 5) is 25.3. The Morgan fingerprint density at radius 2 is 1.81 bits per heavy atom. The molecule has 0 spiro atoms. The molecular formula is C18H20N2O5S2. The lowest BCUT2D eigenvalue weighted by Crippen LogP contribution is -2.36. The zero-order chi connectivity index (χ0) is 19.8. The fraction of sp³-hybridized carbons (Fsp3) is 0.389. The number of sulfone groups is 1. The third kappa shape index (κ3) is 4.19. The molecule has 0 bridgehead atoms. The van der Waals surface area contributed by atoms with E-state index < -0.39 is 14.8 Å².